The number of carbonyl (C=O) groups is 2. The third-order valence-electron chi connectivity index (χ3n) is 3.46. The van der Waals surface area contributed by atoms with Crippen molar-refractivity contribution in [1.82, 2.24) is 10.0 Å². The summed E-state index contributed by atoms with van der Waals surface area (Å²) in [4.78, 5) is 23.8. The maximum Gasteiger partial charge on any atom is 0.325 e. The van der Waals surface area contributed by atoms with E-state index in [1.807, 2.05) is 12.1 Å². The summed E-state index contributed by atoms with van der Waals surface area (Å²) in [7, 11) is 0. The van der Waals surface area contributed by atoms with E-state index in [-0.39, 0.29) is 11.8 Å². The van der Waals surface area contributed by atoms with Gasteiger partial charge in [-0.3, -0.25) is 9.52 Å². The standard InChI is InChI=1S/C15H20N2O2S/c1-11(18)12-7-9-14(10-8-12)20-17-15(19)16-13-5-3-2-4-6-13/h7-10,13H,2-6H2,1H3,(H2,16,17,19). The molecule has 5 heteroatoms. The number of urea groups is 1. The minimum absolute atomic E-state index is 0.0459. The van der Waals surface area contributed by atoms with Gasteiger partial charge in [0, 0.05) is 16.5 Å². The topological polar surface area (TPSA) is 58.2 Å². The maximum atomic E-state index is 11.8. The summed E-state index contributed by atoms with van der Waals surface area (Å²) in [6.07, 6.45) is 5.82. The quantitative estimate of drug-likeness (QED) is 0.659. The smallest absolute Gasteiger partial charge is 0.325 e. The van der Waals surface area contributed by atoms with Crippen molar-refractivity contribution in [3.8, 4) is 0 Å². The fourth-order valence-corrected chi connectivity index (χ4v) is 2.87. The van der Waals surface area contributed by atoms with Crippen molar-refractivity contribution in [3.05, 3.63) is 29.8 Å². The number of benzene rings is 1. The molecular weight excluding hydrogens is 272 g/mol. The highest BCUT2D eigenvalue weighted by molar-refractivity contribution is 7.98. The van der Waals surface area contributed by atoms with Crippen LogP contribution in [0.5, 0.6) is 0 Å². The highest BCUT2D eigenvalue weighted by Crippen LogP contribution is 2.18. The van der Waals surface area contributed by atoms with Gasteiger partial charge in [0.25, 0.3) is 0 Å². The number of hydrogen-bond donors (Lipinski definition) is 2. The Morgan fingerprint density at radius 2 is 1.75 bits per heavy atom. The zero-order valence-electron chi connectivity index (χ0n) is 11.6. The van der Waals surface area contributed by atoms with Crippen molar-refractivity contribution in [1.29, 1.82) is 0 Å². The van der Waals surface area contributed by atoms with E-state index in [0.717, 1.165) is 17.7 Å². The van der Waals surface area contributed by atoms with Gasteiger partial charge in [-0.2, -0.15) is 0 Å². The molecular formula is C15H20N2O2S. The molecule has 0 saturated heterocycles. The monoisotopic (exact) mass is 292 g/mol. The van der Waals surface area contributed by atoms with Crippen molar-refractivity contribution in [2.75, 3.05) is 0 Å². The lowest BCUT2D eigenvalue weighted by Gasteiger charge is -2.22. The lowest BCUT2D eigenvalue weighted by Crippen LogP contribution is -2.40. The molecule has 0 aliphatic heterocycles. The van der Waals surface area contributed by atoms with E-state index in [2.05, 4.69) is 10.0 Å². The number of hydrogen-bond acceptors (Lipinski definition) is 3. The van der Waals surface area contributed by atoms with Crippen LogP contribution in [0.4, 0.5) is 4.79 Å². The SMILES string of the molecule is CC(=O)c1ccc(SNC(=O)NC2CCCCC2)cc1. The van der Waals surface area contributed by atoms with E-state index in [1.54, 1.807) is 12.1 Å². The molecule has 0 unspecified atom stereocenters. The highest BCUT2D eigenvalue weighted by Gasteiger charge is 2.15. The van der Waals surface area contributed by atoms with Gasteiger partial charge in [0.05, 0.1) is 0 Å². The summed E-state index contributed by atoms with van der Waals surface area (Å²) in [6, 6.07) is 7.38. The Labute approximate surface area is 123 Å². The second-order valence-electron chi connectivity index (χ2n) is 5.09. The van der Waals surface area contributed by atoms with E-state index in [1.165, 1.54) is 38.1 Å². The van der Waals surface area contributed by atoms with Crippen LogP contribution in [0, 0.1) is 0 Å². The number of rotatable bonds is 4. The van der Waals surface area contributed by atoms with Gasteiger partial charge in [0.2, 0.25) is 0 Å². The Hall–Kier alpha value is -1.49. The maximum absolute atomic E-state index is 11.8. The van der Waals surface area contributed by atoms with E-state index in [4.69, 9.17) is 0 Å². The van der Waals surface area contributed by atoms with Crippen LogP contribution in [0.15, 0.2) is 29.2 Å². The Morgan fingerprint density at radius 3 is 2.35 bits per heavy atom. The summed E-state index contributed by atoms with van der Waals surface area (Å²) >= 11 is 1.26. The minimum Gasteiger partial charge on any atom is -0.335 e. The van der Waals surface area contributed by atoms with Crippen molar-refractivity contribution >= 4 is 23.8 Å². The van der Waals surface area contributed by atoms with Gasteiger partial charge in [0.1, 0.15) is 0 Å². The number of nitrogens with one attached hydrogen (secondary N) is 2. The molecule has 0 aromatic heterocycles. The van der Waals surface area contributed by atoms with Gasteiger partial charge in [0.15, 0.2) is 5.78 Å². The molecule has 4 nitrogen and oxygen atoms in total. The van der Waals surface area contributed by atoms with Gasteiger partial charge < -0.3 is 5.32 Å². The van der Waals surface area contributed by atoms with E-state index in [9.17, 15) is 9.59 Å². The molecule has 1 aliphatic carbocycles. The molecule has 0 heterocycles. The van der Waals surface area contributed by atoms with E-state index >= 15 is 0 Å². The number of carbonyl (C=O) groups excluding carboxylic acids is 2. The van der Waals surface area contributed by atoms with Gasteiger partial charge in [-0.1, -0.05) is 31.4 Å². The van der Waals surface area contributed by atoms with Crippen LogP contribution in [0.25, 0.3) is 0 Å². The van der Waals surface area contributed by atoms with Crippen molar-refractivity contribution in [3.63, 3.8) is 0 Å². The van der Waals surface area contributed by atoms with Crippen LogP contribution in [-0.2, 0) is 0 Å². The molecule has 108 valence electrons. The molecule has 2 N–H and O–H groups in total. The molecule has 0 spiro atoms. The molecule has 0 atom stereocenters. The van der Waals surface area contributed by atoms with Crippen LogP contribution < -0.4 is 10.0 Å². The minimum atomic E-state index is -0.141. The van der Waals surface area contributed by atoms with Crippen LogP contribution in [0.1, 0.15) is 49.4 Å². The van der Waals surface area contributed by atoms with Gasteiger partial charge in [-0.25, -0.2) is 4.79 Å². The Morgan fingerprint density at radius 1 is 1.10 bits per heavy atom. The molecule has 0 radical (unpaired) electrons. The zero-order chi connectivity index (χ0) is 14.4. The average Bonchev–Trinajstić information content (AvgIpc) is 2.46. The number of Topliss-reactive ketones (excluding diaryl/α,β-unsaturated/α-hetero) is 1. The zero-order valence-corrected chi connectivity index (χ0v) is 12.5. The van der Waals surface area contributed by atoms with Crippen LogP contribution >= 0.6 is 11.9 Å². The first-order chi connectivity index (χ1) is 9.65. The third kappa shape index (κ3) is 4.56. The Kier molecular flexibility index (Phi) is 5.47. The Balaban J connectivity index is 1.76. The summed E-state index contributed by atoms with van der Waals surface area (Å²) in [6.45, 7) is 1.54. The molecule has 20 heavy (non-hydrogen) atoms. The van der Waals surface area contributed by atoms with Gasteiger partial charge in [-0.05, 0) is 43.8 Å². The highest BCUT2D eigenvalue weighted by atomic mass is 32.2. The summed E-state index contributed by atoms with van der Waals surface area (Å²) in [5, 5.41) is 2.99. The normalized spacial score (nSPS) is 15.7. The molecule has 1 fully saturated rings. The first kappa shape index (κ1) is 14.9. The molecule has 1 aromatic carbocycles. The molecule has 1 aromatic rings. The predicted molar refractivity (Wildman–Crippen MR) is 80.8 cm³/mol. The van der Waals surface area contributed by atoms with Crippen LogP contribution in [-0.4, -0.2) is 17.9 Å². The third-order valence-corrected chi connectivity index (χ3v) is 4.26. The second kappa shape index (κ2) is 7.33. The molecule has 2 rings (SSSR count). The summed E-state index contributed by atoms with van der Waals surface area (Å²) in [5.74, 6) is 0.0459. The Bertz CT molecular complexity index is 467. The van der Waals surface area contributed by atoms with Crippen LogP contribution in [0.3, 0.4) is 0 Å². The summed E-state index contributed by atoms with van der Waals surface area (Å²) < 4.78 is 2.78. The lowest BCUT2D eigenvalue weighted by atomic mass is 9.96. The first-order valence-electron chi connectivity index (χ1n) is 6.99. The van der Waals surface area contributed by atoms with Crippen LogP contribution in [0.2, 0.25) is 0 Å². The van der Waals surface area contributed by atoms with Gasteiger partial charge >= 0.3 is 6.03 Å². The van der Waals surface area contributed by atoms with E-state index in [0.29, 0.717) is 11.6 Å². The average molecular weight is 292 g/mol. The fourth-order valence-electron chi connectivity index (χ4n) is 2.32. The predicted octanol–water partition coefficient (Wildman–Crippen LogP) is 3.53. The van der Waals surface area contributed by atoms with Crippen molar-refractivity contribution in [2.24, 2.45) is 0 Å². The lowest BCUT2D eigenvalue weighted by molar-refractivity contribution is 0.101. The van der Waals surface area contributed by atoms with Gasteiger partial charge in [-0.15, -0.1) is 0 Å². The largest absolute Gasteiger partial charge is 0.335 e. The molecule has 1 saturated carbocycles. The second-order valence-corrected chi connectivity index (χ2v) is 5.97. The molecule has 0 bridgehead atoms. The van der Waals surface area contributed by atoms with Crippen molar-refractivity contribution < 1.29 is 9.59 Å². The fraction of sp³-hybridized carbons (Fsp3) is 0.467. The number of amides is 2. The number of ketones is 1. The molecule has 1 aliphatic rings. The molecule has 2 amide bonds. The van der Waals surface area contributed by atoms with Crippen molar-refractivity contribution in [2.45, 2.75) is 50.0 Å². The van der Waals surface area contributed by atoms with E-state index < -0.39 is 0 Å². The first-order valence-corrected chi connectivity index (χ1v) is 7.81. The summed E-state index contributed by atoms with van der Waals surface area (Å²) in [5.41, 5.74) is 0.681.